The largest absolute Gasteiger partial charge is 0.491 e. The molecule has 0 N–H and O–H groups in total. The van der Waals surface area contributed by atoms with E-state index in [2.05, 4.69) is 31.7 Å². The van der Waals surface area contributed by atoms with Crippen molar-refractivity contribution in [2.75, 3.05) is 98.4 Å². The summed E-state index contributed by atoms with van der Waals surface area (Å²) in [6, 6.07) is 7.97. The third kappa shape index (κ3) is 23.4. The van der Waals surface area contributed by atoms with Gasteiger partial charge in [0.05, 0.1) is 38.4 Å². The summed E-state index contributed by atoms with van der Waals surface area (Å²) in [5, 5.41) is 0. The Hall–Kier alpha value is -2.81. The summed E-state index contributed by atoms with van der Waals surface area (Å²) in [6.07, 6.45) is 0.645. The number of rotatable bonds is 16. The van der Waals surface area contributed by atoms with Crippen molar-refractivity contribution in [2.45, 2.75) is 125 Å². The van der Waals surface area contributed by atoms with Crippen LogP contribution in [0.25, 0.3) is 0 Å². The fraction of sp³-hybridized carbons (Fsp3) is 0.791. The van der Waals surface area contributed by atoms with E-state index < -0.39 is 16.8 Å². The zero-order valence-corrected chi connectivity index (χ0v) is 37.2. The zero-order valence-electron chi connectivity index (χ0n) is 37.2. The number of hydrogen-bond acceptors (Lipinski definition) is 13. The molecule has 0 aliphatic carbocycles. The zero-order chi connectivity index (χ0) is 42.2. The summed E-state index contributed by atoms with van der Waals surface area (Å²) < 4.78 is 34.9. The topological polar surface area (TPSA) is 120 Å². The second-order valence-corrected chi connectivity index (χ2v) is 18.6. The van der Waals surface area contributed by atoms with Crippen LogP contribution < -0.4 is 4.74 Å². The van der Waals surface area contributed by atoms with Crippen LogP contribution >= 0.6 is 0 Å². The van der Waals surface area contributed by atoms with Gasteiger partial charge in [0.1, 0.15) is 29.2 Å². The quantitative estimate of drug-likeness (QED) is 0.126. The fourth-order valence-corrected chi connectivity index (χ4v) is 6.16. The van der Waals surface area contributed by atoms with Gasteiger partial charge in [-0.3, -0.25) is 34.0 Å². The third-order valence-corrected chi connectivity index (χ3v) is 8.49. The summed E-state index contributed by atoms with van der Waals surface area (Å²) >= 11 is 0. The highest BCUT2D eigenvalue weighted by molar-refractivity contribution is 5.73. The Morgan fingerprint density at radius 1 is 0.589 bits per heavy atom. The van der Waals surface area contributed by atoms with Gasteiger partial charge in [0.2, 0.25) is 0 Å². The van der Waals surface area contributed by atoms with Gasteiger partial charge in [0.25, 0.3) is 0 Å². The number of hydrogen-bond donors (Lipinski definition) is 0. The van der Waals surface area contributed by atoms with Gasteiger partial charge in [-0.25, -0.2) is 0 Å². The lowest BCUT2D eigenvalue weighted by atomic mass is 10.0. The highest BCUT2D eigenvalue weighted by atomic mass is 16.6. The predicted octanol–water partition coefficient (Wildman–Crippen LogP) is 5.07. The van der Waals surface area contributed by atoms with Crippen molar-refractivity contribution < 1.29 is 42.8 Å². The van der Waals surface area contributed by atoms with Gasteiger partial charge in [0, 0.05) is 65.0 Å². The van der Waals surface area contributed by atoms with Crippen molar-refractivity contribution in [3.63, 3.8) is 0 Å². The van der Waals surface area contributed by atoms with Crippen molar-refractivity contribution in [2.24, 2.45) is 0 Å². The van der Waals surface area contributed by atoms with Crippen LogP contribution in [0.3, 0.4) is 0 Å². The molecule has 13 nitrogen and oxygen atoms in total. The van der Waals surface area contributed by atoms with Gasteiger partial charge >= 0.3 is 17.9 Å². The lowest BCUT2D eigenvalue weighted by Gasteiger charge is -2.39. The predicted molar refractivity (Wildman–Crippen MR) is 220 cm³/mol. The van der Waals surface area contributed by atoms with Gasteiger partial charge in [-0.05, 0) is 114 Å². The standard InChI is InChI=1S/C43H76N4O9/c1-14-51-27-28-52-36-17-15-34(16-18-36)29-35-30-46(25-26-53-40(2,3)4)22-21-44(31-37(48)54-41(5,6)7)19-20-45(32-38(49)55-42(8,9)10)23-24-47(35)33-39(50)56-43(11,12)13/h15-18,35H,14,19-33H2,1-13H3/t35-/m0/s1. The van der Waals surface area contributed by atoms with E-state index in [0.29, 0.717) is 85.2 Å². The van der Waals surface area contributed by atoms with Crippen LogP contribution in [-0.2, 0) is 44.5 Å². The smallest absolute Gasteiger partial charge is 0.320 e. The minimum atomic E-state index is -0.645. The molecule has 1 aromatic carbocycles. The van der Waals surface area contributed by atoms with Crippen LogP contribution in [0.1, 0.15) is 95.6 Å². The second-order valence-electron chi connectivity index (χ2n) is 18.6. The highest BCUT2D eigenvalue weighted by Gasteiger charge is 2.30. The SMILES string of the molecule is CCOCCOc1ccc(C[C@H]2CN(CCOC(C)(C)C)CCN(CC(=O)OC(C)(C)C)CCN(CC(=O)OC(C)(C)C)CCN2CC(=O)OC(C)(C)C)cc1. The summed E-state index contributed by atoms with van der Waals surface area (Å²) in [5.74, 6) is -0.163. The van der Waals surface area contributed by atoms with Gasteiger partial charge in [-0.1, -0.05) is 12.1 Å². The number of carbonyl (C=O) groups excluding carboxylic acids is 3. The van der Waals surface area contributed by atoms with E-state index >= 15 is 0 Å². The molecule has 0 spiro atoms. The second kappa shape index (κ2) is 23.0. The summed E-state index contributed by atoms with van der Waals surface area (Å²) in [7, 11) is 0. The molecule has 1 aromatic rings. The average Bonchev–Trinajstić information content (AvgIpc) is 3.02. The molecule has 0 aromatic heterocycles. The Morgan fingerprint density at radius 2 is 1.05 bits per heavy atom. The lowest BCUT2D eigenvalue weighted by Crippen LogP contribution is -2.54. The number of benzene rings is 1. The molecule has 1 saturated heterocycles. The van der Waals surface area contributed by atoms with Crippen LogP contribution in [0, 0.1) is 0 Å². The van der Waals surface area contributed by atoms with Gasteiger partial charge in [-0.2, -0.15) is 0 Å². The van der Waals surface area contributed by atoms with Crippen molar-refractivity contribution in [1.29, 1.82) is 0 Å². The van der Waals surface area contributed by atoms with Gasteiger partial charge < -0.3 is 28.4 Å². The Morgan fingerprint density at radius 3 is 1.52 bits per heavy atom. The Kier molecular flexibility index (Phi) is 20.2. The minimum Gasteiger partial charge on any atom is -0.491 e. The third-order valence-electron chi connectivity index (χ3n) is 8.49. The van der Waals surface area contributed by atoms with Crippen LogP contribution in [0.4, 0.5) is 0 Å². The molecule has 0 saturated carbocycles. The highest BCUT2D eigenvalue weighted by Crippen LogP contribution is 2.19. The molecule has 1 aliphatic heterocycles. The normalized spacial score (nSPS) is 18.1. The van der Waals surface area contributed by atoms with Crippen LogP contribution in [0.5, 0.6) is 5.75 Å². The maximum atomic E-state index is 13.6. The van der Waals surface area contributed by atoms with E-state index in [1.54, 1.807) is 0 Å². The van der Waals surface area contributed by atoms with Gasteiger partial charge in [-0.15, -0.1) is 0 Å². The molecule has 0 bridgehead atoms. The Bertz CT molecular complexity index is 1310. The number of ether oxygens (including phenoxy) is 6. The summed E-state index contributed by atoms with van der Waals surface area (Å²) in [5.41, 5.74) is -1.10. The van der Waals surface area contributed by atoms with E-state index in [0.717, 1.165) is 11.3 Å². The first kappa shape index (κ1) is 49.3. The Labute approximate surface area is 338 Å². The van der Waals surface area contributed by atoms with E-state index in [-0.39, 0.29) is 49.2 Å². The molecule has 0 radical (unpaired) electrons. The average molecular weight is 793 g/mol. The number of carbonyl (C=O) groups is 3. The van der Waals surface area contributed by atoms with Crippen molar-refractivity contribution >= 4 is 17.9 Å². The molecule has 1 heterocycles. The lowest BCUT2D eigenvalue weighted by molar-refractivity contribution is -0.159. The first-order valence-corrected chi connectivity index (χ1v) is 20.4. The molecule has 1 atom stereocenters. The first-order valence-electron chi connectivity index (χ1n) is 20.4. The molecule has 2 rings (SSSR count). The fourth-order valence-electron chi connectivity index (χ4n) is 6.16. The molecule has 0 unspecified atom stereocenters. The maximum Gasteiger partial charge on any atom is 0.320 e. The van der Waals surface area contributed by atoms with Crippen molar-refractivity contribution in [1.82, 2.24) is 19.6 Å². The molecular formula is C43H76N4O9. The number of nitrogens with zero attached hydrogens (tertiary/aromatic N) is 4. The monoisotopic (exact) mass is 793 g/mol. The maximum absolute atomic E-state index is 13.6. The van der Waals surface area contributed by atoms with Crippen molar-refractivity contribution in [3.8, 4) is 5.75 Å². The summed E-state index contributed by atoms with van der Waals surface area (Å²) in [4.78, 5) is 48.6. The minimum absolute atomic E-state index is 0.0729. The Balaban J connectivity index is 2.55. The van der Waals surface area contributed by atoms with Gasteiger partial charge in [0.15, 0.2) is 0 Å². The van der Waals surface area contributed by atoms with E-state index in [9.17, 15) is 14.4 Å². The van der Waals surface area contributed by atoms with E-state index in [4.69, 9.17) is 28.4 Å². The van der Waals surface area contributed by atoms with Crippen LogP contribution in [0.2, 0.25) is 0 Å². The number of esters is 3. The summed E-state index contributed by atoms with van der Waals surface area (Å²) in [6.45, 7) is 31.8. The van der Waals surface area contributed by atoms with Crippen molar-refractivity contribution in [3.05, 3.63) is 29.8 Å². The van der Waals surface area contributed by atoms with Crippen LogP contribution in [-0.4, -0.2) is 164 Å². The molecule has 1 aliphatic rings. The molecular weight excluding hydrogens is 716 g/mol. The first-order chi connectivity index (χ1) is 25.9. The molecule has 0 amide bonds. The van der Waals surface area contributed by atoms with E-state index in [1.807, 2.05) is 102 Å². The molecule has 13 heteroatoms. The van der Waals surface area contributed by atoms with Crippen LogP contribution in [0.15, 0.2) is 24.3 Å². The molecule has 1 fully saturated rings. The van der Waals surface area contributed by atoms with E-state index in [1.165, 1.54) is 0 Å². The molecule has 322 valence electrons. The molecule has 56 heavy (non-hydrogen) atoms.